The van der Waals surface area contributed by atoms with E-state index in [4.69, 9.17) is 11.6 Å². The van der Waals surface area contributed by atoms with E-state index < -0.39 is 6.29 Å². The quantitative estimate of drug-likeness (QED) is 0.469. The molecule has 2 aliphatic heterocycles. The molecule has 2 aliphatic rings. The van der Waals surface area contributed by atoms with Crippen molar-refractivity contribution in [2.75, 3.05) is 16.9 Å². The third-order valence-electron chi connectivity index (χ3n) is 6.19. The monoisotopic (exact) mass is 473 g/mol. The summed E-state index contributed by atoms with van der Waals surface area (Å²) >= 11 is 6.04. The lowest BCUT2D eigenvalue weighted by Crippen LogP contribution is -2.61. The minimum atomic E-state index is -0.603. The highest BCUT2D eigenvalue weighted by Gasteiger charge is 2.45. The summed E-state index contributed by atoms with van der Waals surface area (Å²) in [6.07, 6.45) is 2.70. The third kappa shape index (κ3) is 5.00. The van der Waals surface area contributed by atoms with Gasteiger partial charge in [-0.3, -0.25) is 19.9 Å². The van der Waals surface area contributed by atoms with Gasteiger partial charge in [-0.2, -0.15) is 5.10 Å². The van der Waals surface area contributed by atoms with Crippen LogP contribution in [-0.2, 0) is 9.59 Å². The average molecular weight is 474 g/mol. The van der Waals surface area contributed by atoms with Crippen LogP contribution in [0.3, 0.4) is 0 Å². The van der Waals surface area contributed by atoms with Gasteiger partial charge in [-0.25, -0.2) is 10.1 Å². The molecule has 10 heteroatoms. The smallest absolute Gasteiger partial charge is 0.230 e. The van der Waals surface area contributed by atoms with E-state index in [1.807, 2.05) is 42.3 Å². The van der Waals surface area contributed by atoms with Crippen LogP contribution in [0.4, 0.5) is 11.5 Å². The topological polar surface area (TPSA) is 103 Å². The summed E-state index contributed by atoms with van der Waals surface area (Å²) in [5.74, 6) is 0.166. The maximum atomic E-state index is 13.0. The summed E-state index contributed by atoms with van der Waals surface area (Å²) in [6.45, 7) is 6.55. The molecule has 1 aromatic heterocycles. The van der Waals surface area contributed by atoms with Crippen LogP contribution in [0.15, 0.2) is 30.3 Å². The molecule has 0 radical (unpaired) electrons. The Morgan fingerprint density at radius 2 is 1.94 bits per heavy atom. The van der Waals surface area contributed by atoms with Crippen LogP contribution < -0.4 is 26.4 Å². The molecule has 0 aliphatic carbocycles. The molecule has 0 spiro atoms. The van der Waals surface area contributed by atoms with Crippen LogP contribution in [0, 0.1) is 18.8 Å². The van der Waals surface area contributed by atoms with Crippen molar-refractivity contribution in [1.82, 2.24) is 25.8 Å². The predicted molar refractivity (Wildman–Crippen MR) is 128 cm³/mol. The zero-order valence-corrected chi connectivity index (χ0v) is 20.0. The Morgan fingerprint density at radius 1 is 1.24 bits per heavy atom. The molecule has 4 rings (SSSR count). The number of fused-ring (bicyclic) bond motifs is 1. The van der Waals surface area contributed by atoms with E-state index in [-0.39, 0.29) is 29.8 Å². The Kier molecular flexibility index (Phi) is 7.21. The molecule has 2 aromatic rings. The van der Waals surface area contributed by atoms with Crippen molar-refractivity contribution < 1.29 is 9.59 Å². The van der Waals surface area contributed by atoms with Crippen molar-refractivity contribution >= 4 is 34.9 Å². The molecule has 1 aromatic carbocycles. The van der Waals surface area contributed by atoms with Gasteiger partial charge in [0, 0.05) is 23.6 Å². The number of hydrogen-bond acceptors (Lipinski definition) is 6. The highest BCUT2D eigenvalue weighted by molar-refractivity contribution is 6.30. The van der Waals surface area contributed by atoms with Gasteiger partial charge in [0.15, 0.2) is 6.29 Å². The first-order chi connectivity index (χ1) is 15.9. The van der Waals surface area contributed by atoms with E-state index >= 15 is 0 Å². The highest BCUT2D eigenvalue weighted by Crippen LogP contribution is 2.29. The van der Waals surface area contributed by atoms with Gasteiger partial charge in [-0.1, -0.05) is 38.3 Å². The molecular formula is C23H32ClN7O2. The number of aryl methyl sites for hydroxylation is 1. The molecule has 9 nitrogen and oxygen atoms in total. The number of rotatable bonds is 8. The lowest BCUT2D eigenvalue weighted by Gasteiger charge is -2.37. The van der Waals surface area contributed by atoms with Crippen LogP contribution >= 0.6 is 11.6 Å². The molecule has 2 amide bonds. The summed E-state index contributed by atoms with van der Waals surface area (Å²) in [7, 11) is 0. The number of anilines is 2. The maximum Gasteiger partial charge on any atom is 0.230 e. The summed E-state index contributed by atoms with van der Waals surface area (Å²) in [5.41, 5.74) is 4.96. The van der Waals surface area contributed by atoms with Gasteiger partial charge in [0.05, 0.1) is 17.3 Å². The molecule has 33 heavy (non-hydrogen) atoms. The Balaban J connectivity index is 1.55. The fourth-order valence-corrected chi connectivity index (χ4v) is 4.71. The van der Waals surface area contributed by atoms with E-state index in [2.05, 4.69) is 40.3 Å². The zero-order chi connectivity index (χ0) is 23.5. The number of benzene rings is 1. The Bertz CT molecular complexity index is 987. The minimum absolute atomic E-state index is 0.00909. The van der Waals surface area contributed by atoms with Gasteiger partial charge >= 0.3 is 0 Å². The lowest BCUT2D eigenvalue weighted by atomic mass is 9.97. The molecule has 2 fully saturated rings. The van der Waals surface area contributed by atoms with Crippen molar-refractivity contribution in [3.8, 4) is 0 Å². The van der Waals surface area contributed by atoms with Crippen LogP contribution in [-0.4, -0.2) is 34.3 Å². The molecule has 178 valence electrons. The Hall–Kier alpha value is -2.62. The number of hydrazine groups is 1. The number of carbonyl (C=O) groups is 2. The number of aromatic nitrogens is 2. The first-order valence-corrected chi connectivity index (χ1v) is 12.0. The summed E-state index contributed by atoms with van der Waals surface area (Å²) in [4.78, 5) is 25.9. The van der Waals surface area contributed by atoms with Crippen LogP contribution in [0.2, 0.25) is 5.02 Å². The van der Waals surface area contributed by atoms with E-state index in [0.717, 1.165) is 37.1 Å². The number of hydrogen-bond donors (Lipinski definition) is 4. The maximum absolute atomic E-state index is 13.0. The SMILES string of the molecule is CCCC(CCC)C(=O)Nc1cc(C)nn1C1NC(=O)C2CNN(c3ccc(Cl)cc3)C2N1. The number of carbonyl (C=O) groups excluding carboxylic acids is 2. The summed E-state index contributed by atoms with van der Waals surface area (Å²) < 4.78 is 1.65. The van der Waals surface area contributed by atoms with Crippen molar-refractivity contribution in [2.45, 2.75) is 58.9 Å². The van der Waals surface area contributed by atoms with E-state index in [9.17, 15) is 9.59 Å². The van der Waals surface area contributed by atoms with E-state index in [1.165, 1.54) is 0 Å². The Morgan fingerprint density at radius 3 is 2.61 bits per heavy atom. The second kappa shape index (κ2) is 10.1. The standard InChI is InChI=1S/C23H32ClN7O2/c1-4-6-15(7-5-2)21(32)26-19-12-14(3)29-31(19)23-27-20-18(22(33)28-23)13-25-30(20)17-10-8-16(24)9-11-17/h8-12,15,18,20,23,25,27H,4-7,13H2,1-3H3,(H,26,32)(H,28,33). The molecule has 3 heterocycles. The molecule has 2 saturated heterocycles. The number of amides is 2. The summed E-state index contributed by atoms with van der Waals surface area (Å²) in [6, 6.07) is 9.29. The molecule has 3 atom stereocenters. The fourth-order valence-electron chi connectivity index (χ4n) is 4.58. The first-order valence-electron chi connectivity index (χ1n) is 11.6. The van der Waals surface area contributed by atoms with Gasteiger partial charge in [0.25, 0.3) is 0 Å². The van der Waals surface area contributed by atoms with Gasteiger partial charge < -0.3 is 10.6 Å². The lowest BCUT2D eigenvalue weighted by molar-refractivity contribution is -0.129. The molecule has 4 N–H and O–H groups in total. The Labute approximate surface area is 199 Å². The van der Waals surface area contributed by atoms with Gasteiger partial charge in [0.2, 0.25) is 11.8 Å². The van der Waals surface area contributed by atoms with Crippen molar-refractivity contribution in [2.24, 2.45) is 11.8 Å². The number of halogens is 1. The van der Waals surface area contributed by atoms with E-state index in [1.54, 1.807) is 4.68 Å². The predicted octanol–water partition coefficient (Wildman–Crippen LogP) is 3.14. The first kappa shape index (κ1) is 23.5. The number of nitrogens with one attached hydrogen (secondary N) is 4. The van der Waals surface area contributed by atoms with Crippen LogP contribution in [0.5, 0.6) is 0 Å². The normalized spacial score (nSPS) is 22.4. The summed E-state index contributed by atoms with van der Waals surface area (Å²) in [5, 5.41) is 16.7. The third-order valence-corrected chi connectivity index (χ3v) is 6.44. The number of nitrogens with zero attached hydrogens (tertiary/aromatic N) is 3. The highest BCUT2D eigenvalue weighted by atomic mass is 35.5. The van der Waals surface area contributed by atoms with E-state index in [0.29, 0.717) is 17.4 Å². The van der Waals surface area contributed by atoms with Crippen molar-refractivity contribution in [3.63, 3.8) is 0 Å². The van der Waals surface area contributed by atoms with Gasteiger partial charge in [-0.15, -0.1) is 0 Å². The van der Waals surface area contributed by atoms with Gasteiger partial charge in [0.1, 0.15) is 12.0 Å². The molecule has 3 unspecified atom stereocenters. The van der Waals surface area contributed by atoms with Crippen LogP contribution in [0.25, 0.3) is 0 Å². The second-order valence-electron chi connectivity index (χ2n) is 8.72. The largest absolute Gasteiger partial charge is 0.321 e. The van der Waals surface area contributed by atoms with Crippen molar-refractivity contribution in [3.05, 3.63) is 41.0 Å². The zero-order valence-electron chi connectivity index (χ0n) is 19.3. The molecular weight excluding hydrogens is 442 g/mol. The molecule has 0 saturated carbocycles. The van der Waals surface area contributed by atoms with Crippen molar-refractivity contribution in [1.29, 1.82) is 0 Å². The fraction of sp³-hybridized carbons (Fsp3) is 0.522. The van der Waals surface area contributed by atoms with Crippen LogP contribution in [0.1, 0.15) is 51.5 Å². The second-order valence-corrected chi connectivity index (χ2v) is 9.15. The van der Waals surface area contributed by atoms with Gasteiger partial charge in [-0.05, 0) is 44.0 Å². The minimum Gasteiger partial charge on any atom is -0.321 e. The average Bonchev–Trinajstić information content (AvgIpc) is 3.37. The molecule has 0 bridgehead atoms.